The van der Waals surface area contributed by atoms with Crippen LogP contribution in [-0.2, 0) is 11.2 Å². The highest BCUT2D eigenvalue weighted by atomic mass is 32.1. The van der Waals surface area contributed by atoms with E-state index in [0.717, 1.165) is 22.7 Å². The zero-order chi connectivity index (χ0) is 18.0. The zero-order valence-corrected chi connectivity index (χ0v) is 13.6. The van der Waals surface area contributed by atoms with Gasteiger partial charge in [0.15, 0.2) is 10.8 Å². The smallest absolute Gasteiger partial charge is 0.328 e. The average molecular weight is 358 g/mol. The molecular formula is C16H14N4O4S. The van der Waals surface area contributed by atoms with Crippen LogP contribution in [0.1, 0.15) is 11.1 Å². The lowest BCUT2D eigenvalue weighted by molar-refractivity contribution is -0.138. The molecule has 25 heavy (non-hydrogen) atoms. The van der Waals surface area contributed by atoms with Crippen LogP contribution in [0.2, 0.25) is 0 Å². The summed E-state index contributed by atoms with van der Waals surface area (Å²) in [5, 5.41) is 20.1. The molecule has 0 unspecified atom stereocenters. The van der Waals surface area contributed by atoms with Crippen molar-refractivity contribution in [3.05, 3.63) is 56.7 Å². The van der Waals surface area contributed by atoms with Gasteiger partial charge in [-0.2, -0.15) is 0 Å². The number of aromatic hydroxyl groups is 1. The number of rotatable bonds is 5. The first-order valence-electron chi connectivity index (χ1n) is 7.32. The van der Waals surface area contributed by atoms with Gasteiger partial charge in [-0.3, -0.25) is 14.8 Å². The summed E-state index contributed by atoms with van der Waals surface area (Å²) in [4.78, 5) is 35.0. The summed E-state index contributed by atoms with van der Waals surface area (Å²) in [6.07, 6.45) is 2.91. The summed E-state index contributed by atoms with van der Waals surface area (Å²) in [5.74, 6) is -1.60. The maximum atomic E-state index is 11.8. The van der Waals surface area contributed by atoms with Crippen LogP contribution in [-0.4, -0.2) is 43.4 Å². The molecule has 3 rings (SSSR count). The van der Waals surface area contributed by atoms with Crippen molar-refractivity contribution in [1.29, 1.82) is 0 Å². The highest BCUT2D eigenvalue weighted by molar-refractivity contribution is 7.71. The molecular weight excluding hydrogens is 344 g/mol. The van der Waals surface area contributed by atoms with Gasteiger partial charge in [0.25, 0.3) is 5.56 Å². The number of aliphatic carboxylic acids is 1. The number of carbonyl (C=O) groups is 1. The van der Waals surface area contributed by atoms with Gasteiger partial charge in [0.05, 0.1) is 0 Å². The Morgan fingerprint density at radius 3 is 2.80 bits per heavy atom. The van der Waals surface area contributed by atoms with Gasteiger partial charge < -0.3 is 20.2 Å². The first-order valence-corrected chi connectivity index (χ1v) is 7.73. The molecule has 128 valence electrons. The summed E-state index contributed by atoms with van der Waals surface area (Å²) in [6.45, 7) is 0. The number of hydrogen-bond acceptors (Lipinski definition) is 5. The molecule has 0 saturated heterocycles. The highest BCUT2D eigenvalue weighted by Crippen LogP contribution is 2.20. The lowest BCUT2D eigenvalue weighted by Gasteiger charge is -2.07. The fraction of sp³-hybridized carbons (Fsp3) is 0.125. The minimum absolute atomic E-state index is 0.0340. The fourth-order valence-electron chi connectivity index (χ4n) is 2.48. The van der Waals surface area contributed by atoms with Crippen LogP contribution >= 0.6 is 12.2 Å². The van der Waals surface area contributed by atoms with Gasteiger partial charge in [-0.25, -0.2) is 4.79 Å². The topological polar surface area (TPSA) is 134 Å². The van der Waals surface area contributed by atoms with Gasteiger partial charge in [0, 0.05) is 29.7 Å². The molecule has 2 aromatic heterocycles. The van der Waals surface area contributed by atoms with Crippen molar-refractivity contribution in [3.8, 4) is 5.88 Å². The van der Waals surface area contributed by atoms with E-state index in [4.69, 9.17) is 12.2 Å². The van der Waals surface area contributed by atoms with Gasteiger partial charge >= 0.3 is 5.97 Å². The molecule has 0 aliphatic rings. The SMILES string of the molecule is O=C(O)[C@@H](Cc1c[nH]c2ccccc12)N=Cc1c(O)[nH]c(=S)[nH]c1=O. The summed E-state index contributed by atoms with van der Waals surface area (Å²) in [5.41, 5.74) is 0.862. The van der Waals surface area contributed by atoms with E-state index < -0.39 is 23.5 Å². The van der Waals surface area contributed by atoms with Gasteiger partial charge in [0.1, 0.15) is 5.56 Å². The molecule has 2 heterocycles. The van der Waals surface area contributed by atoms with Crippen molar-refractivity contribution in [2.45, 2.75) is 12.5 Å². The number of aliphatic imine (C=N–C) groups is 1. The van der Waals surface area contributed by atoms with E-state index in [-0.39, 0.29) is 16.8 Å². The van der Waals surface area contributed by atoms with Crippen LogP contribution in [0.3, 0.4) is 0 Å². The number of nitrogens with zero attached hydrogens (tertiary/aromatic N) is 1. The Labute approximate surface area is 145 Å². The molecule has 5 N–H and O–H groups in total. The van der Waals surface area contributed by atoms with Gasteiger partial charge in [0.2, 0.25) is 5.88 Å². The molecule has 0 bridgehead atoms. The third-order valence-electron chi connectivity index (χ3n) is 3.72. The molecule has 0 radical (unpaired) electrons. The summed E-state index contributed by atoms with van der Waals surface area (Å²) >= 11 is 4.73. The summed E-state index contributed by atoms with van der Waals surface area (Å²) in [7, 11) is 0. The zero-order valence-electron chi connectivity index (χ0n) is 12.8. The number of benzene rings is 1. The van der Waals surface area contributed by atoms with E-state index in [1.54, 1.807) is 6.20 Å². The Bertz CT molecular complexity index is 1080. The minimum Gasteiger partial charge on any atom is -0.494 e. The van der Waals surface area contributed by atoms with Crippen LogP contribution in [0.4, 0.5) is 0 Å². The monoisotopic (exact) mass is 358 g/mol. The van der Waals surface area contributed by atoms with Crippen LogP contribution in [0.25, 0.3) is 10.9 Å². The highest BCUT2D eigenvalue weighted by Gasteiger charge is 2.18. The van der Waals surface area contributed by atoms with Crippen molar-refractivity contribution >= 4 is 35.3 Å². The summed E-state index contributed by atoms with van der Waals surface area (Å²) < 4.78 is -0.0340. The molecule has 0 aliphatic carbocycles. The number of para-hydroxylation sites is 1. The molecule has 3 aromatic rings. The Hall–Kier alpha value is -3.20. The molecule has 8 nitrogen and oxygen atoms in total. The van der Waals surface area contributed by atoms with Gasteiger partial charge in [-0.05, 0) is 23.8 Å². The fourth-order valence-corrected chi connectivity index (χ4v) is 2.67. The number of carboxylic acids is 1. The Balaban J connectivity index is 1.91. The quantitative estimate of drug-likeness (QED) is 0.350. The standard InChI is InChI=1S/C16H14N4O4S/c21-13-10(14(22)20-16(25)19-13)7-18-12(15(23)24)5-8-6-17-11-4-2-1-3-9(8)11/h1-4,6-7,12,17H,5H2,(H,23,24)(H3,19,20,21,22,25)/t12-/m1/s1. The molecule has 9 heteroatoms. The maximum Gasteiger partial charge on any atom is 0.328 e. The number of aromatic nitrogens is 3. The third kappa shape index (κ3) is 3.50. The van der Waals surface area contributed by atoms with Crippen LogP contribution in [0.5, 0.6) is 5.88 Å². The normalized spacial score (nSPS) is 12.6. The van der Waals surface area contributed by atoms with Gasteiger partial charge in [-0.1, -0.05) is 18.2 Å². The number of fused-ring (bicyclic) bond motifs is 1. The predicted molar refractivity (Wildman–Crippen MR) is 94.9 cm³/mol. The largest absolute Gasteiger partial charge is 0.494 e. The van der Waals surface area contributed by atoms with E-state index >= 15 is 0 Å². The van der Waals surface area contributed by atoms with E-state index in [0.29, 0.717) is 0 Å². The average Bonchev–Trinajstić information content (AvgIpc) is 2.95. The second kappa shape index (κ2) is 6.73. The van der Waals surface area contributed by atoms with Crippen LogP contribution in [0.15, 0.2) is 40.2 Å². The van der Waals surface area contributed by atoms with E-state index in [1.165, 1.54) is 0 Å². The summed E-state index contributed by atoms with van der Waals surface area (Å²) in [6, 6.07) is 6.41. The van der Waals surface area contributed by atoms with Crippen LogP contribution in [0, 0.1) is 4.77 Å². The van der Waals surface area contributed by atoms with Gasteiger partial charge in [-0.15, -0.1) is 0 Å². The molecule has 0 saturated carbocycles. The van der Waals surface area contributed by atoms with Crippen molar-refractivity contribution in [1.82, 2.24) is 15.0 Å². The lowest BCUT2D eigenvalue weighted by Crippen LogP contribution is -2.22. The van der Waals surface area contributed by atoms with Crippen molar-refractivity contribution in [3.63, 3.8) is 0 Å². The number of carboxylic acid groups (broad SMARTS) is 1. The van der Waals surface area contributed by atoms with E-state index in [1.807, 2.05) is 24.3 Å². The molecule has 1 aromatic carbocycles. The van der Waals surface area contributed by atoms with Crippen molar-refractivity contribution < 1.29 is 15.0 Å². The number of nitrogens with one attached hydrogen (secondary N) is 3. The number of hydrogen-bond donors (Lipinski definition) is 5. The molecule has 0 aliphatic heterocycles. The minimum atomic E-state index is -1.14. The second-order valence-electron chi connectivity index (χ2n) is 5.37. The molecule has 1 atom stereocenters. The number of H-pyrrole nitrogens is 3. The van der Waals surface area contributed by atoms with E-state index in [9.17, 15) is 19.8 Å². The molecule has 0 spiro atoms. The first-order chi connectivity index (χ1) is 12.0. The number of aromatic amines is 3. The van der Waals surface area contributed by atoms with E-state index in [2.05, 4.69) is 19.9 Å². The lowest BCUT2D eigenvalue weighted by atomic mass is 10.1. The maximum absolute atomic E-state index is 11.8. The predicted octanol–water partition coefficient (Wildman–Crippen LogP) is 1.73. The first kappa shape index (κ1) is 16.7. The Kier molecular flexibility index (Phi) is 4.48. The van der Waals surface area contributed by atoms with Crippen molar-refractivity contribution in [2.24, 2.45) is 4.99 Å². The molecule has 0 fully saturated rings. The molecule has 0 amide bonds. The third-order valence-corrected chi connectivity index (χ3v) is 3.92. The Morgan fingerprint density at radius 2 is 2.08 bits per heavy atom. The van der Waals surface area contributed by atoms with Crippen molar-refractivity contribution in [2.75, 3.05) is 0 Å². The Morgan fingerprint density at radius 1 is 1.32 bits per heavy atom. The van der Waals surface area contributed by atoms with Crippen LogP contribution < -0.4 is 5.56 Å². The second-order valence-corrected chi connectivity index (χ2v) is 5.77.